The first-order chi connectivity index (χ1) is 9.78. The number of ether oxygens (including phenoxy) is 2. The first-order valence-electron chi connectivity index (χ1n) is 6.59. The van der Waals surface area contributed by atoms with Gasteiger partial charge in [-0.05, 0) is 29.8 Å². The van der Waals surface area contributed by atoms with Gasteiger partial charge in [0.2, 0.25) is 0 Å². The second-order valence-electron chi connectivity index (χ2n) is 4.71. The Morgan fingerprint density at radius 2 is 2.15 bits per heavy atom. The summed E-state index contributed by atoms with van der Waals surface area (Å²) < 4.78 is 12.2. The molecule has 0 spiro atoms. The van der Waals surface area contributed by atoms with Gasteiger partial charge in [0.15, 0.2) is 0 Å². The van der Waals surface area contributed by atoms with Crippen molar-refractivity contribution in [3.8, 4) is 11.5 Å². The van der Waals surface area contributed by atoms with Crippen molar-refractivity contribution < 1.29 is 9.47 Å². The lowest BCUT2D eigenvalue weighted by atomic mass is 10.1. The molecular weight excluding hydrogens is 318 g/mol. The second-order valence-corrected chi connectivity index (χ2v) is 5.62. The number of hydrogen-bond donors (Lipinski definition) is 1. The predicted octanol–water partition coefficient (Wildman–Crippen LogP) is 4.00. The molecule has 20 heavy (non-hydrogen) atoms. The van der Waals surface area contributed by atoms with Gasteiger partial charge in [0.25, 0.3) is 0 Å². The Balaban J connectivity index is 1.82. The van der Waals surface area contributed by atoms with Crippen LogP contribution in [0.3, 0.4) is 0 Å². The summed E-state index contributed by atoms with van der Waals surface area (Å²) in [5.41, 5.74) is 3.43. The number of para-hydroxylation sites is 2. The van der Waals surface area contributed by atoms with Gasteiger partial charge < -0.3 is 14.8 Å². The highest BCUT2D eigenvalue weighted by molar-refractivity contribution is 9.10. The maximum Gasteiger partial charge on any atom is 0.141 e. The van der Waals surface area contributed by atoms with Crippen LogP contribution in [0.4, 0.5) is 5.69 Å². The molecule has 0 saturated heterocycles. The third kappa shape index (κ3) is 2.61. The smallest absolute Gasteiger partial charge is 0.141 e. The van der Waals surface area contributed by atoms with Crippen LogP contribution in [0, 0.1) is 0 Å². The summed E-state index contributed by atoms with van der Waals surface area (Å²) in [6.07, 6.45) is 0.983. The summed E-state index contributed by atoms with van der Waals surface area (Å²) >= 11 is 3.56. The lowest BCUT2D eigenvalue weighted by Gasteiger charge is -2.13. The molecule has 0 bridgehead atoms. The Morgan fingerprint density at radius 1 is 1.30 bits per heavy atom. The first-order valence-corrected chi connectivity index (χ1v) is 7.38. The molecule has 0 saturated carbocycles. The standard InChI is InChI=1S/C16H16BrNO2/c1-19-15-5-3-2-4-14(15)18-10-12-9-13(17)8-11-6-7-20-16(11)12/h2-5,8-9,18H,6-7,10H2,1H3. The quantitative estimate of drug-likeness (QED) is 0.917. The molecule has 104 valence electrons. The van der Waals surface area contributed by atoms with Crippen molar-refractivity contribution in [3.05, 3.63) is 52.0 Å². The van der Waals surface area contributed by atoms with Gasteiger partial charge in [-0.25, -0.2) is 0 Å². The molecule has 0 fully saturated rings. The summed E-state index contributed by atoms with van der Waals surface area (Å²) in [6, 6.07) is 12.2. The van der Waals surface area contributed by atoms with Crippen LogP contribution in [0.5, 0.6) is 11.5 Å². The molecular formula is C16H16BrNO2. The monoisotopic (exact) mass is 333 g/mol. The van der Waals surface area contributed by atoms with Gasteiger partial charge in [0, 0.05) is 23.0 Å². The van der Waals surface area contributed by atoms with Crippen LogP contribution in [0.1, 0.15) is 11.1 Å². The summed E-state index contributed by atoms with van der Waals surface area (Å²) in [5, 5.41) is 3.41. The van der Waals surface area contributed by atoms with Crippen LogP contribution in [-0.4, -0.2) is 13.7 Å². The van der Waals surface area contributed by atoms with Crippen molar-refractivity contribution in [1.29, 1.82) is 0 Å². The van der Waals surface area contributed by atoms with Gasteiger partial charge in [-0.3, -0.25) is 0 Å². The lowest BCUT2D eigenvalue weighted by Crippen LogP contribution is -2.03. The Morgan fingerprint density at radius 3 is 3.00 bits per heavy atom. The fourth-order valence-electron chi connectivity index (χ4n) is 2.46. The van der Waals surface area contributed by atoms with Crippen LogP contribution in [0.15, 0.2) is 40.9 Å². The zero-order valence-corrected chi connectivity index (χ0v) is 12.9. The molecule has 3 nitrogen and oxygen atoms in total. The van der Waals surface area contributed by atoms with Crippen LogP contribution in [0.2, 0.25) is 0 Å². The van der Waals surface area contributed by atoms with E-state index in [9.17, 15) is 0 Å². The molecule has 0 atom stereocenters. The van der Waals surface area contributed by atoms with E-state index in [1.54, 1.807) is 7.11 Å². The average molecular weight is 334 g/mol. The number of benzene rings is 2. The van der Waals surface area contributed by atoms with E-state index in [2.05, 4.69) is 33.4 Å². The third-order valence-corrected chi connectivity index (χ3v) is 3.86. The van der Waals surface area contributed by atoms with Gasteiger partial charge in [0.05, 0.1) is 19.4 Å². The van der Waals surface area contributed by atoms with Crippen LogP contribution < -0.4 is 14.8 Å². The normalized spacial score (nSPS) is 12.7. The van der Waals surface area contributed by atoms with Crippen molar-refractivity contribution in [2.24, 2.45) is 0 Å². The Kier molecular flexibility index (Phi) is 3.83. The van der Waals surface area contributed by atoms with Crippen molar-refractivity contribution in [1.82, 2.24) is 0 Å². The minimum absolute atomic E-state index is 0.710. The third-order valence-electron chi connectivity index (χ3n) is 3.40. The molecule has 1 aliphatic rings. The van der Waals surface area contributed by atoms with Gasteiger partial charge >= 0.3 is 0 Å². The van der Waals surface area contributed by atoms with Crippen LogP contribution in [0.25, 0.3) is 0 Å². The van der Waals surface area contributed by atoms with Gasteiger partial charge in [-0.15, -0.1) is 0 Å². The van der Waals surface area contributed by atoms with E-state index in [1.165, 1.54) is 5.56 Å². The minimum atomic E-state index is 0.710. The largest absolute Gasteiger partial charge is 0.495 e. The number of anilines is 1. The van der Waals surface area contributed by atoms with Crippen molar-refractivity contribution >= 4 is 21.6 Å². The molecule has 2 aromatic rings. The number of hydrogen-bond acceptors (Lipinski definition) is 3. The fraction of sp³-hybridized carbons (Fsp3) is 0.250. The van der Waals surface area contributed by atoms with Gasteiger partial charge in [-0.2, -0.15) is 0 Å². The van der Waals surface area contributed by atoms with E-state index in [0.717, 1.165) is 40.3 Å². The lowest BCUT2D eigenvalue weighted by molar-refractivity contribution is 0.353. The molecule has 0 radical (unpaired) electrons. The van der Waals surface area contributed by atoms with Crippen molar-refractivity contribution in [2.45, 2.75) is 13.0 Å². The summed E-state index contributed by atoms with van der Waals surface area (Å²) in [7, 11) is 1.68. The average Bonchev–Trinajstić information content (AvgIpc) is 2.93. The zero-order valence-electron chi connectivity index (χ0n) is 11.3. The summed E-state index contributed by atoms with van der Waals surface area (Å²) in [6.45, 7) is 1.48. The number of nitrogens with one attached hydrogen (secondary N) is 1. The second kappa shape index (κ2) is 5.75. The predicted molar refractivity (Wildman–Crippen MR) is 83.7 cm³/mol. The van der Waals surface area contributed by atoms with Gasteiger partial charge in [0.1, 0.15) is 11.5 Å². The molecule has 1 heterocycles. The highest BCUT2D eigenvalue weighted by Gasteiger charge is 2.17. The fourth-order valence-corrected chi connectivity index (χ4v) is 3.01. The summed E-state index contributed by atoms with van der Waals surface area (Å²) in [4.78, 5) is 0. The topological polar surface area (TPSA) is 30.5 Å². The molecule has 0 aliphatic carbocycles. The number of fused-ring (bicyclic) bond motifs is 1. The van der Waals surface area contributed by atoms with E-state index in [1.807, 2.05) is 24.3 Å². The molecule has 3 rings (SSSR count). The van der Waals surface area contributed by atoms with Crippen LogP contribution >= 0.6 is 15.9 Å². The van der Waals surface area contributed by atoms with E-state index in [4.69, 9.17) is 9.47 Å². The molecule has 2 aromatic carbocycles. The molecule has 0 aromatic heterocycles. The van der Waals surface area contributed by atoms with Crippen LogP contribution in [-0.2, 0) is 13.0 Å². The molecule has 0 unspecified atom stereocenters. The van der Waals surface area contributed by atoms with E-state index in [-0.39, 0.29) is 0 Å². The Bertz CT molecular complexity index is 628. The Hall–Kier alpha value is -1.68. The summed E-state index contributed by atoms with van der Waals surface area (Å²) in [5.74, 6) is 1.87. The highest BCUT2D eigenvalue weighted by Crippen LogP contribution is 2.34. The molecule has 0 amide bonds. The van der Waals surface area contributed by atoms with E-state index >= 15 is 0 Å². The number of halogens is 1. The van der Waals surface area contributed by atoms with Crippen molar-refractivity contribution in [2.75, 3.05) is 19.0 Å². The van der Waals surface area contributed by atoms with Gasteiger partial charge in [-0.1, -0.05) is 28.1 Å². The van der Waals surface area contributed by atoms with E-state index < -0.39 is 0 Å². The highest BCUT2D eigenvalue weighted by atomic mass is 79.9. The SMILES string of the molecule is COc1ccccc1NCc1cc(Br)cc2c1OCC2. The Labute approximate surface area is 127 Å². The maximum absolute atomic E-state index is 5.74. The molecule has 4 heteroatoms. The molecule has 1 N–H and O–H groups in total. The number of rotatable bonds is 4. The minimum Gasteiger partial charge on any atom is -0.495 e. The first kappa shape index (κ1) is 13.3. The molecule has 1 aliphatic heterocycles. The maximum atomic E-state index is 5.74. The zero-order chi connectivity index (χ0) is 13.9. The van der Waals surface area contributed by atoms with Crippen molar-refractivity contribution in [3.63, 3.8) is 0 Å². The van der Waals surface area contributed by atoms with E-state index in [0.29, 0.717) is 6.54 Å². The number of methoxy groups -OCH3 is 1.